The molecule has 0 heterocycles. The molecule has 0 aliphatic heterocycles. The van der Waals surface area contributed by atoms with Crippen molar-refractivity contribution < 1.29 is 13.2 Å². The highest BCUT2D eigenvalue weighted by molar-refractivity contribution is 7.89. The Morgan fingerprint density at radius 1 is 1.40 bits per heavy atom. The number of sulfonamides is 1. The highest BCUT2D eigenvalue weighted by atomic mass is 35.5. The Kier molecular flexibility index (Phi) is 8.42. The Bertz CT molecular complexity index is 244. The minimum Gasteiger partial charge on any atom is -0.381 e. The molecule has 1 atom stereocenters. The van der Waals surface area contributed by atoms with Crippen molar-refractivity contribution in [2.24, 2.45) is 0 Å². The van der Waals surface area contributed by atoms with Crippen LogP contribution in [0, 0.1) is 0 Å². The second-order valence-electron chi connectivity index (χ2n) is 3.20. The van der Waals surface area contributed by atoms with E-state index in [1.54, 1.807) is 0 Å². The SMILES string of the molecule is CCOCCS(=O)(=O)NCCC(Cl)CC. The van der Waals surface area contributed by atoms with Gasteiger partial charge >= 0.3 is 0 Å². The number of ether oxygens (including phenoxy) is 1. The fourth-order valence-electron chi connectivity index (χ4n) is 0.960. The lowest BCUT2D eigenvalue weighted by Gasteiger charge is -2.08. The van der Waals surface area contributed by atoms with Crippen LogP contribution in [-0.2, 0) is 14.8 Å². The molecule has 0 aromatic heterocycles. The minimum atomic E-state index is -3.19. The molecule has 0 saturated carbocycles. The summed E-state index contributed by atoms with van der Waals surface area (Å²) in [7, 11) is -3.19. The zero-order valence-electron chi connectivity index (χ0n) is 9.33. The molecule has 0 aliphatic rings. The average molecular weight is 258 g/mol. The maximum absolute atomic E-state index is 11.3. The van der Waals surface area contributed by atoms with Crippen LogP contribution in [0.1, 0.15) is 26.7 Å². The van der Waals surface area contributed by atoms with Crippen LogP contribution in [0.25, 0.3) is 0 Å². The Balaban J connectivity index is 3.65. The third-order valence-corrected chi connectivity index (χ3v) is 3.80. The van der Waals surface area contributed by atoms with Gasteiger partial charge in [0.15, 0.2) is 0 Å². The number of hydrogen-bond acceptors (Lipinski definition) is 3. The van der Waals surface area contributed by atoms with Crippen LogP contribution in [0.4, 0.5) is 0 Å². The lowest BCUT2D eigenvalue weighted by Crippen LogP contribution is -2.30. The molecule has 0 spiro atoms. The number of hydrogen-bond donors (Lipinski definition) is 1. The lowest BCUT2D eigenvalue weighted by molar-refractivity contribution is 0.163. The third-order valence-electron chi connectivity index (χ3n) is 1.92. The van der Waals surface area contributed by atoms with Crippen molar-refractivity contribution in [3.05, 3.63) is 0 Å². The predicted molar refractivity (Wildman–Crippen MR) is 62.8 cm³/mol. The minimum absolute atomic E-state index is 0.0138. The van der Waals surface area contributed by atoms with Crippen molar-refractivity contribution in [2.75, 3.05) is 25.5 Å². The van der Waals surface area contributed by atoms with Gasteiger partial charge in [-0.3, -0.25) is 0 Å². The molecule has 0 aliphatic carbocycles. The van der Waals surface area contributed by atoms with Gasteiger partial charge in [-0.05, 0) is 19.8 Å². The van der Waals surface area contributed by atoms with E-state index in [4.69, 9.17) is 16.3 Å². The maximum Gasteiger partial charge on any atom is 0.213 e. The van der Waals surface area contributed by atoms with Gasteiger partial charge in [0.25, 0.3) is 0 Å². The molecule has 0 fully saturated rings. The Morgan fingerprint density at radius 3 is 2.60 bits per heavy atom. The standard InChI is InChI=1S/C9H20ClNO3S/c1-3-9(10)5-6-11-15(12,13)8-7-14-4-2/h9,11H,3-8H2,1-2H3. The van der Waals surface area contributed by atoms with Gasteiger partial charge in [-0.1, -0.05) is 6.92 Å². The first-order chi connectivity index (χ1) is 7.02. The summed E-state index contributed by atoms with van der Waals surface area (Å²) in [5.41, 5.74) is 0. The molecule has 0 amide bonds. The molecule has 0 bridgehead atoms. The summed E-state index contributed by atoms with van der Waals surface area (Å²) in [5, 5.41) is 0.0413. The lowest BCUT2D eigenvalue weighted by atomic mass is 10.2. The van der Waals surface area contributed by atoms with Gasteiger partial charge in [0.1, 0.15) is 0 Å². The van der Waals surface area contributed by atoms with E-state index in [-0.39, 0.29) is 17.7 Å². The van der Waals surface area contributed by atoms with Crippen LogP contribution < -0.4 is 4.72 Å². The van der Waals surface area contributed by atoms with Crippen LogP contribution >= 0.6 is 11.6 Å². The van der Waals surface area contributed by atoms with Crippen LogP contribution in [0.15, 0.2) is 0 Å². The van der Waals surface area contributed by atoms with E-state index >= 15 is 0 Å². The Labute approximate surface area is 97.4 Å². The zero-order chi connectivity index (χ0) is 11.7. The van der Waals surface area contributed by atoms with E-state index in [1.165, 1.54) is 0 Å². The van der Waals surface area contributed by atoms with E-state index in [1.807, 2.05) is 13.8 Å². The summed E-state index contributed by atoms with van der Waals surface area (Å²) in [6.07, 6.45) is 1.51. The van der Waals surface area contributed by atoms with Gasteiger partial charge in [-0.2, -0.15) is 0 Å². The van der Waals surface area contributed by atoms with Gasteiger partial charge in [0.05, 0.1) is 12.4 Å². The van der Waals surface area contributed by atoms with Crippen LogP contribution in [0.3, 0.4) is 0 Å². The monoisotopic (exact) mass is 257 g/mol. The fourth-order valence-corrected chi connectivity index (χ4v) is 1.98. The molecule has 0 aromatic carbocycles. The molecule has 1 unspecified atom stereocenters. The van der Waals surface area contributed by atoms with E-state index in [0.29, 0.717) is 19.6 Å². The normalized spacial score (nSPS) is 14.1. The predicted octanol–water partition coefficient (Wildman–Crippen LogP) is 1.35. The molecule has 0 rings (SSSR count). The Morgan fingerprint density at radius 2 is 2.07 bits per heavy atom. The third kappa shape index (κ3) is 9.11. The second kappa shape index (κ2) is 8.33. The molecule has 1 N–H and O–H groups in total. The molecule has 4 nitrogen and oxygen atoms in total. The highest BCUT2D eigenvalue weighted by Crippen LogP contribution is 2.04. The van der Waals surface area contributed by atoms with E-state index in [9.17, 15) is 8.42 Å². The van der Waals surface area contributed by atoms with E-state index < -0.39 is 10.0 Å². The van der Waals surface area contributed by atoms with Crippen LogP contribution in [0.5, 0.6) is 0 Å². The number of halogens is 1. The zero-order valence-corrected chi connectivity index (χ0v) is 10.9. The van der Waals surface area contributed by atoms with Crippen molar-refractivity contribution in [3.8, 4) is 0 Å². The highest BCUT2D eigenvalue weighted by Gasteiger charge is 2.10. The average Bonchev–Trinajstić information content (AvgIpc) is 2.17. The second-order valence-corrected chi connectivity index (χ2v) is 5.75. The van der Waals surface area contributed by atoms with Gasteiger partial charge in [0, 0.05) is 18.5 Å². The molecule has 0 aromatic rings. The summed E-state index contributed by atoms with van der Waals surface area (Å²) in [6, 6.07) is 0. The van der Waals surface area contributed by atoms with Crippen molar-refractivity contribution in [2.45, 2.75) is 32.1 Å². The smallest absolute Gasteiger partial charge is 0.213 e. The number of rotatable bonds is 9. The van der Waals surface area contributed by atoms with Crippen LogP contribution in [-0.4, -0.2) is 39.3 Å². The molecular weight excluding hydrogens is 238 g/mol. The number of nitrogens with one attached hydrogen (secondary N) is 1. The van der Waals surface area contributed by atoms with Crippen molar-refractivity contribution >= 4 is 21.6 Å². The molecule has 15 heavy (non-hydrogen) atoms. The van der Waals surface area contributed by atoms with Gasteiger partial charge in [-0.25, -0.2) is 13.1 Å². The topological polar surface area (TPSA) is 55.4 Å². The molecule has 0 radical (unpaired) electrons. The Hall–Kier alpha value is 0.160. The van der Waals surface area contributed by atoms with E-state index in [0.717, 1.165) is 6.42 Å². The molecule has 0 saturated heterocycles. The maximum atomic E-state index is 11.3. The number of alkyl halides is 1. The molecule has 92 valence electrons. The summed E-state index contributed by atoms with van der Waals surface area (Å²) >= 11 is 5.86. The van der Waals surface area contributed by atoms with Gasteiger partial charge in [-0.15, -0.1) is 11.6 Å². The summed E-state index contributed by atoms with van der Waals surface area (Å²) in [4.78, 5) is 0. The van der Waals surface area contributed by atoms with Gasteiger partial charge < -0.3 is 4.74 Å². The molecule has 6 heteroatoms. The molecular formula is C9H20ClNO3S. The first-order valence-corrected chi connectivity index (χ1v) is 7.29. The fraction of sp³-hybridized carbons (Fsp3) is 1.00. The summed E-state index contributed by atoms with van der Waals surface area (Å²) < 4.78 is 30.1. The first kappa shape index (κ1) is 15.2. The quantitative estimate of drug-likeness (QED) is 0.501. The summed E-state index contributed by atoms with van der Waals surface area (Å²) in [5.74, 6) is 0.0138. The van der Waals surface area contributed by atoms with Crippen molar-refractivity contribution in [3.63, 3.8) is 0 Å². The van der Waals surface area contributed by atoms with Gasteiger partial charge in [0.2, 0.25) is 10.0 Å². The first-order valence-electron chi connectivity index (χ1n) is 5.21. The summed E-state index contributed by atoms with van der Waals surface area (Å²) in [6.45, 7) is 4.98. The largest absolute Gasteiger partial charge is 0.381 e. The van der Waals surface area contributed by atoms with Crippen molar-refractivity contribution in [1.82, 2.24) is 4.72 Å². The van der Waals surface area contributed by atoms with Crippen molar-refractivity contribution in [1.29, 1.82) is 0 Å². The van der Waals surface area contributed by atoms with Crippen LogP contribution in [0.2, 0.25) is 0 Å². The van der Waals surface area contributed by atoms with E-state index in [2.05, 4.69) is 4.72 Å².